The van der Waals surface area contributed by atoms with Crippen molar-refractivity contribution in [3.05, 3.63) is 52.8 Å². The predicted octanol–water partition coefficient (Wildman–Crippen LogP) is 3.04. The van der Waals surface area contributed by atoms with E-state index in [2.05, 4.69) is 16.2 Å². The first-order valence-corrected chi connectivity index (χ1v) is 8.38. The van der Waals surface area contributed by atoms with Gasteiger partial charge in [-0.2, -0.15) is 0 Å². The van der Waals surface area contributed by atoms with Crippen molar-refractivity contribution >= 4 is 23.2 Å². The Labute approximate surface area is 155 Å². The van der Waals surface area contributed by atoms with E-state index in [1.807, 2.05) is 0 Å². The molecule has 1 amide bonds. The molecule has 6 nitrogen and oxygen atoms in total. The summed E-state index contributed by atoms with van der Waals surface area (Å²) >= 11 is 6.13. The second-order valence-corrected chi connectivity index (χ2v) is 6.26. The molecule has 1 heterocycles. The maximum absolute atomic E-state index is 13.0. The van der Waals surface area contributed by atoms with Crippen molar-refractivity contribution in [2.75, 3.05) is 19.5 Å². The smallest absolute Gasteiger partial charge is 0.243 e. The number of ether oxygens (including phenoxy) is 2. The van der Waals surface area contributed by atoms with E-state index in [4.69, 9.17) is 21.1 Å². The minimum absolute atomic E-state index is 0.0901. The van der Waals surface area contributed by atoms with Crippen LogP contribution in [0.1, 0.15) is 18.0 Å². The van der Waals surface area contributed by atoms with Gasteiger partial charge in [0.25, 0.3) is 0 Å². The van der Waals surface area contributed by atoms with E-state index in [1.54, 1.807) is 24.3 Å². The lowest BCUT2D eigenvalue weighted by molar-refractivity contribution is -0.117. The number of methoxy groups -OCH3 is 2. The van der Waals surface area contributed by atoms with Crippen molar-refractivity contribution in [1.29, 1.82) is 0 Å². The summed E-state index contributed by atoms with van der Waals surface area (Å²) < 4.78 is 23.5. The van der Waals surface area contributed by atoms with Gasteiger partial charge in [-0.3, -0.25) is 4.79 Å². The fraction of sp³-hybridized carbons (Fsp3) is 0.278. The van der Waals surface area contributed by atoms with E-state index in [0.717, 1.165) is 5.56 Å². The van der Waals surface area contributed by atoms with E-state index in [0.29, 0.717) is 28.6 Å². The topological polar surface area (TPSA) is 71.6 Å². The SMILES string of the molecule is COc1cc(OC)c(NC(=O)C2CC(c3ccc(F)cc3)NN2)cc1Cl. The number of benzene rings is 2. The van der Waals surface area contributed by atoms with Gasteiger partial charge in [0.1, 0.15) is 23.4 Å². The van der Waals surface area contributed by atoms with Gasteiger partial charge in [-0.25, -0.2) is 15.2 Å². The molecule has 1 aliphatic heterocycles. The van der Waals surface area contributed by atoms with Crippen LogP contribution in [0.5, 0.6) is 11.5 Å². The highest BCUT2D eigenvalue weighted by atomic mass is 35.5. The molecule has 2 aromatic rings. The average Bonchev–Trinajstić information content (AvgIpc) is 3.13. The molecule has 1 saturated heterocycles. The zero-order valence-corrected chi connectivity index (χ0v) is 15.1. The Morgan fingerprint density at radius 2 is 1.85 bits per heavy atom. The molecule has 3 rings (SSSR count). The molecule has 1 aliphatic rings. The quantitative estimate of drug-likeness (QED) is 0.744. The lowest BCUT2D eigenvalue weighted by Gasteiger charge is -2.15. The van der Waals surface area contributed by atoms with Gasteiger partial charge in [0, 0.05) is 12.1 Å². The van der Waals surface area contributed by atoms with Gasteiger partial charge in [0.15, 0.2) is 0 Å². The molecule has 0 radical (unpaired) electrons. The van der Waals surface area contributed by atoms with E-state index in [-0.39, 0.29) is 17.8 Å². The van der Waals surface area contributed by atoms with Gasteiger partial charge in [-0.15, -0.1) is 0 Å². The molecule has 8 heteroatoms. The van der Waals surface area contributed by atoms with Crippen molar-refractivity contribution < 1.29 is 18.7 Å². The van der Waals surface area contributed by atoms with E-state index >= 15 is 0 Å². The van der Waals surface area contributed by atoms with Gasteiger partial charge in [-0.1, -0.05) is 23.7 Å². The molecule has 0 aliphatic carbocycles. The Balaban J connectivity index is 1.69. The fourth-order valence-corrected chi connectivity index (χ4v) is 3.06. The summed E-state index contributed by atoms with van der Waals surface area (Å²) in [5.74, 6) is 0.373. The van der Waals surface area contributed by atoms with Gasteiger partial charge >= 0.3 is 0 Å². The minimum Gasteiger partial charge on any atom is -0.495 e. The van der Waals surface area contributed by atoms with Gasteiger partial charge in [-0.05, 0) is 30.2 Å². The number of carbonyl (C=O) groups is 1. The highest BCUT2D eigenvalue weighted by Gasteiger charge is 2.30. The van der Waals surface area contributed by atoms with Crippen LogP contribution in [0.4, 0.5) is 10.1 Å². The molecule has 1 fully saturated rings. The van der Waals surface area contributed by atoms with Crippen LogP contribution in [0, 0.1) is 5.82 Å². The zero-order valence-electron chi connectivity index (χ0n) is 14.3. The third-order valence-electron chi connectivity index (χ3n) is 4.22. The first-order valence-electron chi connectivity index (χ1n) is 8.00. The Hall–Kier alpha value is -2.35. The van der Waals surface area contributed by atoms with Gasteiger partial charge in [0.05, 0.1) is 24.9 Å². The molecule has 0 spiro atoms. The highest BCUT2D eigenvalue weighted by Crippen LogP contribution is 2.36. The summed E-state index contributed by atoms with van der Waals surface area (Å²) in [5, 5.41) is 3.18. The third kappa shape index (κ3) is 3.90. The summed E-state index contributed by atoms with van der Waals surface area (Å²) in [4.78, 5) is 12.6. The van der Waals surface area contributed by atoms with Crippen molar-refractivity contribution in [1.82, 2.24) is 10.9 Å². The normalized spacial score (nSPS) is 19.2. The van der Waals surface area contributed by atoms with Crippen molar-refractivity contribution in [2.45, 2.75) is 18.5 Å². The molecule has 138 valence electrons. The van der Waals surface area contributed by atoms with Crippen molar-refractivity contribution in [2.24, 2.45) is 0 Å². The van der Waals surface area contributed by atoms with Crippen molar-refractivity contribution in [3.8, 4) is 11.5 Å². The van der Waals surface area contributed by atoms with Crippen LogP contribution in [0.2, 0.25) is 5.02 Å². The second kappa shape index (κ2) is 7.90. The number of hydrogen-bond donors (Lipinski definition) is 3. The molecule has 2 unspecified atom stereocenters. The molecule has 3 N–H and O–H groups in total. The van der Waals surface area contributed by atoms with E-state index < -0.39 is 6.04 Å². The largest absolute Gasteiger partial charge is 0.495 e. The number of anilines is 1. The first-order chi connectivity index (χ1) is 12.5. The zero-order chi connectivity index (χ0) is 18.7. The van der Waals surface area contributed by atoms with E-state index in [1.165, 1.54) is 26.4 Å². The van der Waals surface area contributed by atoms with Crippen LogP contribution in [0.25, 0.3) is 0 Å². The van der Waals surface area contributed by atoms with Crippen LogP contribution in [0.15, 0.2) is 36.4 Å². The number of nitrogens with one attached hydrogen (secondary N) is 3. The lowest BCUT2D eigenvalue weighted by atomic mass is 10.0. The summed E-state index contributed by atoms with van der Waals surface area (Å²) in [7, 11) is 3.00. The van der Waals surface area contributed by atoms with Crippen molar-refractivity contribution in [3.63, 3.8) is 0 Å². The molecule has 0 bridgehead atoms. The maximum Gasteiger partial charge on any atom is 0.243 e. The Bertz CT molecular complexity index is 801. The fourth-order valence-electron chi connectivity index (χ4n) is 2.82. The molecule has 0 saturated carbocycles. The number of halogens is 2. The Kier molecular flexibility index (Phi) is 5.61. The second-order valence-electron chi connectivity index (χ2n) is 5.86. The molecular weight excluding hydrogens is 361 g/mol. The third-order valence-corrected chi connectivity index (χ3v) is 4.52. The summed E-state index contributed by atoms with van der Waals surface area (Å²) in [6, 6.07) is 8.82. The summed E-state index contributed by atoms with van der Waals surface area (Å²) in [6.45, 7) is 0. The number of rotatable bonds is 5. The molecular formula is C18H19ClFN3O3. The number of hydrogen-bond acceptors (Lipinski definition) is 5. The lowest BCUT2D eigenvalue weighted by Crippen LogP contribution is -2.39. The minimum atomic E-state index is -0.462. The molecule has 0 aromatic heterocycles. The number of amides is 1. The highest BCUT2D eigenvalue weighted by molar-refractivity contribution is 6.32. The standard InChI is InChI=1S/C18H19ClFN3O3/c1-25-16-9-17(26-2)14(7-12(16)19)21-18(24)15-8-13(22-23-15)10-3-5-11(20)6-4-10/h3-7,9,13,15,22-23H,8H2,1-2H3,(H,21,24). The molecule has 2 aromatic carbocycles. The maximum atomic E-state index is 13.0. The molecule has 2 atom stereocenters. The van der Waals surface area contributed by atoms with Crippen LogP contribution in [-0.2, 0) is 4.79 Å². The van der Waals surface area contributed by atoms with Gasteiger partial charge in [0.2, 0.25) is 5.91 Å². The number of hydrazine groups is 1. The first kappa shape index (κ1) is 18.4. The summed E-state index contributed by atoms with van der Waals surface area (Å²) in [6.07, 6.45) is 0.518. The van der Waals surface area contributed by atoms with Crippen LogP contribution < -0.4 is 25.6 Å². The Morgan fingerprint density at radius 3 is 2.50 bits per heavy atom. The van der Waals surface area contributed by atoms with E-state index in [9.17, 15) is 9.18 Å². The number of carbonyl (C=O) groups excluding carboxylic acids is 1. The van der Waals surface area contributed by atoms with Crippen LogP contribution in [-0.4, -0.2) is 26.2 Å². The average molecular weight is 380 g/mol. The van der Waals surface area contributed by atoms with Crippen LogP contribution in [0.3, 0.4) is 0 Å². The summed E-state index contributed by atoms with van der Waals surface area (Å²) in [5.41, 5.74) is 7.37. The monoisotopic (exact) mass is 379 g/mol. The van der Waals surface area contributed by atoms with Crippen LogP contribution >= 0.6 is 11.6 Å². The van der Waals surface area contributed by atoms with Gasteiger partial charge < -0.3 is 14.8 Å². The predicted molar refractivity (Wildman–Crippen MR) is 97.0 cm³/mol. The Morgan fingerprint density at radius 1 is 1.15 bits per heavy atom. The molecule has 26 heavy (non-hydrogen) atoms.